The SMILES string of the molecule is C=Cc1ccn2c(C)c(-c3cc4ccccc4n3Cc3ccc(Cl)cc3)nc2c1. The molecule has 0 atom stereocenters. The number of nitrogens with zero attached hydrogens (tertiary/aromatic N) is 3. The van der Waals surface area contributed by atoms with Gasteiger partial charge in [0.15, 0.2) is 0 Å². The number of hydrogen-bond donors (Lipinski definition) is 0. The van der Waals surface area contributed by atoms with Crippen LogP contribution in [-0.4, -0.2) is 14.0 Å². The van der Waals surface area contributed by atoms with Crippen molar-refractivity contribution >= 4 is 34.2 Å². The number of para-hydroxylation sites is 1. The fraction of sp³-hybridized carbons (Fsp3) is 0.0800. The minimum absolute atomic E-state index is 0.751. The molecule has 0 saturated heterocycles. The number of imidazole rings is 1. The molecule has 0 spiro atoms. The summed E-state index contributed by atoms with van der Waals surface area (Å²) in [5, 5.41) is 1.96. The van der Waals surface area contributed by atoms with Crippen LogP contribution in [0.15, 0.2) is 79.5 Å². The molecule has 4 heteroatoms. The molecule has 3 heterocycles. The van der Waals surface area contributed by atoms with E-state index in [1.807, 2.05) is 18.2 Å². The van der Waals surface area contributed by atoms with Crippen LogP contribution in [-0.2, 0) is 6.54 Å². The van der Waals surface area contributed by atoms with Crippen molar-refractivity contribution in [3.05, 3.63) is 101 Å². The molecule has 5 aromatic rings. The molecule has 0 fully saturated rings. The topological polar surface area (TPSA) is 22.2 Å². The standard InChI is InChI=1S/C25H20ClN3/c1-3-18-12-13-28-17(2)25(27-24(28)14-18)23-15-20-6-4-5-7-22(20)29(23)16-19-8-10-21(26)11-9-19/h3-15H,1,16H2,2H3. The van der Waals surface area contributed by atoms with Crippen molar-refractivity contribution in [2.45, 2.75) is 13.5 Å². The molecule has 0 unspecified atom stereocenters. The molecule has 3 nitrogen and oxygen atoms in total. The molecule has 0 saturated carbocycles. The molecular weight excluding hydrogens is 378 g/mol. The Kier molecular flexibility index (Phi) is 4.26. The molecule has 29 heavy (non-hydrogen) atoms. The second-order valence-corrected chi connectivity index (χ2v) is 7.68. The summed E-state index contributed by atoms with van der Waals surface area (Å²) in [6, 6.07) is 22.9. The Labute approximate surface area is 174 Å². The van der Waals surface area contributed by atoms with E-state index in [1.165, 1.54) is 16.5 Å². The lowest BCUT2D eigenvalue weighted by atomic mass is 10.2. The quantitative estimate of drug-likeness (QED) is 0.334. The van der Waals surface area contributed by atoms with E-state index in [4.69, 9.17) is 16.6 Å². The molecule has 142 valence electrons. The van der Waals surface area contributed by atoms with Gasteiger partial charge in [-0.05, 0) is 54.4 Å². The molecular formula is C25H20ClN3. The number of aromatic nitrogens is 3. The lowest BCUT2D eigenvalue weighted by molar-refractivity contribution is 0.841. The van der Waals surface area contributed by atoms with Crippen LogP contribution in [0.25, 0.3) is 34.0 Å². The van der Waals surface area contributed by atoms with E-state index in [0.29, 0.717) is 0 Å². The van der Waals surface area contributed by atoms with Crippen LogP contribution < -0.4 is 0 Å². The summed E-state index contributed by atoms with van der Waals surface area (Å²) in [5.74, 6) is 0. The normalized spacial score (nSPS) is 11.4. The Morgan fingerprint density at radius 3 is 2.62 bits per heavy atom. The molecule has 0 aliphatic heterocycles. The summed E-state index contributed by atoms with van der Waals surface area (Å²) in [5.41, 5.74) is 7.62. The second kappa shape index (κ2) is 6.94. The third kappa shape index (κ3) is 3.04. The van der Waals surface area contributed by atoms with Gasteiger partial charge in [0.1, 0.15) is 11.3 Å². The highest BCUT2D eigenvalue weighted by molar-refractivity contribution is 6.30. The van der Waals surface area contributed by atoms with Crippen LogP contribution in [0.1, 0.15) is 16.8 Å². The van der Waals surface area contributed by atoms with Gasteiger partial charge in [-0.1, -0.05) is 54.6 Å². The van der Waals surface area contributed by atoms with Gasteiger partial charge in [-0.25, -0.2) is 4.98 Å². The number of benzene rings is 2. The number of halogens is 1. The van der Waals surface area contributed by atoms with Gasteiger partial charge in [0, 0.05) is 34.4 Å². The molecule has 2 aromatic carbocycles. The molecule has 0 amide bonds. The van der Waals surface area contributed by atoms with Crippen LogP contribution in [0.3, 0.4) is 0 Å². The van der Waals surface area contributed by atoms with Crippen molar-refractivity contribution in [3.8, 4) is 11.4 Å². The average Bonchev–Trinajstić information content (AvgIpc) is 3.27. The highest BCUT2D eigenvalue weighted by Gasteiger charge is 2.17. The first-order chi connectivity index (χ1) is 14.1. The summed E-state index contributed by atoms with van der Waals surface area (Å²) >= 11 is 6.08. The summed E-state index contributed by atoms with van der Waals surface area (Å²) in [4.78, 5) is 4.98. The zero-order chi connectivity index (χ0) is 20.0. The Morgan fingerprint density at radius 2 is 1.83 bits per heavy atom. The Morgan fingerprint density at radius 1 is 1.03 bits per heavy atom. The first-order valence-electron chi connectivity index (χ1n) is 9.58. The van der Waals surface area contributed by atoms with Crippen molar-refractivity contribution in [1.82, 2.24) is 14.0 Å². The predicted octanol–water partition coefficient (Wildman–Crippen LogP) is 6.61. The van der Waals surface area contributed by atoms with Gasteiger partial charge in [-0.15, -0.1) is 0 Å². The van der Waals surface area contributed by atoms with E-state index in [-0.39, 0.29) is 0 Å². The Hall–Kier alpha value is -3.30. The first-order valence-corrected chi connectivity index (χ1v) is 9.96. The largest absolute Gasteiger partial charge is 0.335 e. The number of pyridine rings is 1. The molecule has 0 N–H and O–H groups in total. The highest BCUT2D eigenvalue weighted by Crippen LogP contribution is 2.31. The lowest BCUT2D eigenvalue weighted by Gasteiger charge is -2.11. The fourth-order valence-electron chi connectivity index (χ4n) is 3.90. The molecule has 0 bridgehead atoms. The van der Waals surface area contributed by atoms with E-state index in [2.05, 4.69) is 83.3 Å². The van der Waals surface area contributed by atoms with Crippen molar-refractivity contribution < 1.29 is 0 Å². The van der Waals surface area contributed by atoms with Gasteiger partial charge in [0.2, 0.25) is 0 Å². The maximum atomic E-state index is 6.08. The summed E-state index contributed by atoms with van der Waals surface area (Å²) in [7, 11) is 0. The lowest BCUT2D eigenvalue weighted by Crippen LogP contribution is -2.02. The van der Waals surface area contributed by atoms with Gasteiger partial charge in [-0.3, -0.25) is 0 Å². The highest BCUT2D eigenvalue weighted by atomic mass is 35.5. The number of hydrogen-bond acceptors (Lipinski definition) is 1. The third-order valence-corrected chi connectivity index (χ3v) is 5.68. The first kappa shape index (κ1) is 17.8. The average molecular weight is 398 g/mol. The van der Waals surface area contributed by atoms with E-state index >= 15 is 0 Å². The van der Waals surface area contributed by atoms with Crippen molar-refractivity contribution in [1.29, 1.82) is 0 Å². The van der Waals surface area contributed by atoms with Crippen molar-refractivity contribution in [2.24, 2.45) is 0 Å². The van der Waals surface area contributed by atoms with Gasteiger partial charge >= 0.3 is 0 Å². The zero-order valence-electron chi connectivity index (χ0n) is 16.1. The minimum Gasteiger partial charge on any atom is -0.335 e. The maximum absolute atomic E-state index is 6.08. The summed E-state index contributed by atoms with van der Waals surface area (Å²) in [6.07, 6.45) is 3.91. The maximum Gasteiger partial charge on any atom is 0.138 e. The molecule has 3 aromatic heterocycles. The monoisotopic (exact) mass is 397 g/mol. The van der Waals surface area contributed by atoms with E-state index < -0.39 is 0 Å². The predicted molar refractivity (Wildman–Crippen MR) is 122 cm³/mol. The van der Waals surface area contributed by atoms with Crippen molar-refractivity contribution in [2.75, 3.05) is 0 Å². The summed E-state index contributed by atoms with van der Waals surface area (Å²) in [6.45, 7) is 6.74. The number of rotatable bonds is 4. The Bertz CT molecular complexity index is 1360. The van der Waals surface area contributed by atoms with Crippen LogP contribution in [0, 0.1) is 6.92 Å². The molecule has 0 aliphatic carbocycles. The van der Waals surface area contributed by atoms with Gasteiger partial charge in [0.05, 0.1) is 5.69 Å². The zero-order valence-corrected chi connectivity index (χ0v) is 16.9. The Balaban J connectivity index is 1.72. The minimum atomic E-state index is 0.751. The van der Waals surface area contributed by atoms with Gasteiger partial charge in [-0.2, -0.15) is 0 Å². The second-order valence-electron chi connectivity index (χ2n) is 7.24. The van der Waals surface area contributed by atoms with Crippen LogP contribution in [0.5, 0.6) is 0 Å². The molecule has 0 radical (unpaired) electrons. The molecule has 5 rings (SSSR count). The van der Waals surface area contributed by atoms with Crippen LogP contribution in [0.2, 0.25) is 5.02 Å². The summed E-state index contributed by atoms with van der Waals surface area (Å²) < 4.78 is 4.47. The number of fused-ring (bicyclic) bond motifs is 2. The van der Waals surface area contributed by atoms with E-state index in [9.17, 15) is 0 Å². The third-order valence-electron chi connectivity index (χ3n) is 5.43. The van der Waals surface area contributed by atoms with Crippen LogP contribution in [0.4, 0.5) is 0 Å². The van der Waals surface area contributed by atoms with E-state index in [1.54, 1.807) is 0 Å². The van der Waals surface area contributed by atoms with Gasteiger partial charge in [0.25, 0.3) is 0 Å². The van der Waals surface area contributed by atoms with Gasteiger partial charge < -0.3 is 8.97 Å². The van der Waals surface area contributed by atoms with Crippen LogP contribution >= 0.6 is 11.6 Å². The number of aryl methyl sites for hydroxylation is 1. The fourth-order valence-corrected chi connectivity index (χ4v) is 4.03. The van der Waals surface area contributed by atoms with E-state index in [0.717, 1.165) is 39.9 Å². The smallest absolute Gasteiger partial charge is 0.138 e. The molecule has 0 aliphatic rings. The van der Waals surface area contributed by atoms with Crippen molar-refractivity contribution in [3.63, 3.8) is 0 Å².